The minimum absolute atomic E-state index is 0.165. The highest BCUT2D eigenvalue weighted by molar-refractivity contribution is 6.05. The minimum Gasteiger partial charge on any atom is -0.310 e. The fourth-order valence-electron chi connectivity index (χ4n) is 12.0. The topological polar surface area (TPSA) is 6.48 Å². The van der Waals surface area contributed by atoms with Gasteiger partial charge in [-0.05, 0) is 161 Å². The summed E-state index contributed by atoms with van der Waals surface area (Å²) in [7, 11) is 0. The normalized spacial score (nSPS) is 13.5. The molecule has 11 aromatic carbocycles. The maximum atomic E-state index is 2.47. The van der Waals surface area contributed by atoms with Crippen LogP contribution in [0.2, 0.25) is 0 Å². The number of fused-ring (bicyclic) bond motifs is 7. The van der Waals surface area contributed by atoms with Gasteiger partial charge in [0.2, 0.25) is 0 Å². The van der Waals surface area contributed by atoms with Crippen LogP contribution in [-0.4, -0.2) is 0 Å². The summed E-state index contributed by atoms with van der Waals surface area (Å²) in [5.74, 6) is 0. The van der Waals surface area contributed by atoms with E-state index in [1.165, 1.54) is 83.1 Å². The molecular formula is C70H54N2. The largest absolute Gasteiger partial charge is 0.310 e. The van der Waals surface area contributed by atoms with Crippen molar-refractivity contribution in [3.8, 4) is 55.6 Å². The molecule has 0 saturated heterocycles. The lowest BCUT2D eigenvalue weighted by Gasteiger charge is -2.32. The van der Waals surface area contributed by atoms with E-state index in [-0.39, 0.29) is 10.8 Å². The highest BCUT2D eigenvalue weighted by Gasteiger charge is 2.38. The first-order valence-electron chi connectivity index (χ1n) is 25.2. The Morgan fingerprint density at radius 3 is 1.33 bits per heavy atom. The Morgan fingerprint density at radius 1 is 0.250 bits per heavy atom. The van der Waals surface area contributed by atoms with Gasteiger partial charge in [-0.3, -0.25) is 0 Å². The lowest BCUT2D eigenvalue weighted by atomic mass is 9.82. The second-order valence-electron chi connectivity index (χ2n) is 20.5. The average molecular weight is 923 g/mol. The zero-order chi connectivity index (χ0) is 48.6. The number of anilines is 6. The van der Waals surface area contributed by atoms with Gasteiger partial charge in [0.15, 0.2) is 0 Å². The van der Waals surface area contributed by atoms with Crippen LogP contribution in [0.1, 0.15) is 49.9 Å². The minimum atomic E-state index is -0.216. The van der Waals surface area contributed by atoms with Crippen molar-refractivity contribution in [2.45, 2.75) is 38.5 Å². The zero-order valence-electron chi connectivity index (χ0n) is 41.1. The molecule has 11 aromatic rings. The molecule has 344 valence electrons. The number of benzene rings is 11. The van der Waals surface area contributed by atoms with Crippen molar-refractivity contribution in [1.82, 2.24) is 0 Å². The standard InChI is InChI=1S/C70H54N2/c1-69(2)64-32-20-19-31-60(64)61-38-35-54(45-66(61)69)71(52-26-13-7-14-27-52)56-41-51(59-37-33-48-23-17-18-30-58(48)68(59)49-24-11-6-12-25-49)42-57(44-56)72(53-28-15-8-16-29-53)55-36-39-62-63-43-50(47-21-9-5-10-22-47)34-40-65(63)70(3,4)67(62)46-55/h5-46H,1-4H3. The van der Waals surface area contributed by atoms with E-state index >= 15 is 0 Å². The fourth-order valence-corrected chi connectivity index (χ4v) is 12.0. The predicted octanol–water partition coefficient (Wildman–Crippen LogP) is 19.4. The van der Waals surface area contributed by atoms with Crippen molar-refractivity contribution in [2.75, 3.05) is 9.80 Å². The monoisotopic (exact) mass is 922 g/mol. The van der Waals surface area contributed by atoms with E-state index in [1.54, 1.807) is 0 Å². The van der Waals surface area contributed by atoms with Crippen LogP contribution in [0.5, 0.6) is 0 Å². The zero-order valence-corrected chi connectivity index (χ0v) is 41.1. The van der Waals surface area contributed by atoms with Crippen LogP contribution in [0, 0.1) is 0 Å². The molecule has 0 N–H and O–H groups in total. The van der Waals surface area contributed by atoms with E-state index in [2.05, 4.69) is 292 Å². The van der Waals surface area contributed by atoms with Crippen molar-refractivity contribution in [2.24, 2.45) is 0 Å². The van der Waals surface area contributed by atoms with Crippen LogP contribution in [-0.2, 0) is 10.8 Å². The van der Waals surface area contributed by atoms with Crippen LogP contribution < -0.4 is 9.80 Å². The summed E-state index contributed by atoms with van der Waals surface area (Å²) in [4.78, 5) is 4.93. The van der Waals surface area contributed by atoms with Crippen molar-refractivity contribution >= 4 is 44.9 Å². The summed E-state index contributed by atoms with van der Waals surface area (Å²) in [6.45, 7) is 9.50. The molecule has 2 aliphatic rings. The Hall–Kier alpha value is -8.72. The van der Waals surface area contributed by atoms with Crippen molar-refractivity contribution < 1.29 is 0 Å². The van der Waals surface area contributed by atoms with Crippen LogP contribution >= 0.6 is 0 Å². The van der Waals surface area contributed by atoms with Gasteiger partial charge in [-0.15, -0.1) is 0 Å². The summed E-state index contributed by atoms with van der Waals surface area (Å²) in [5.41, 5.74) is 23.9. The van der Waals surface area contributed by atoms with Gasteiger partial charge in [-0.25, -0.2) is 0 Å². The maximum absolute atomic E-state index is 2.47. The average Bonchev–Trinajstić information content (AvgIpc) is 3.80. The Labute approximate surface area is 423 Å². The van der Waals surface area contributed by atoms with Gasteiger partial charge >= 0.3 is 0 Å². The van der Waals surface area contributed by atoms with Crippen LogP contribution in [0.3, 0.4) is 0 Å². The van der Waals surface area contributed by atoms with E-state index in [0.717, 1.165) is 39.7 Å². The van der Waals surface area contributed by atoms with Gasteiger partial charge in [0.25, 0.3) is 0 Å². The van der Waals surface area contributed by atoms with E-state index in [4.69, 9.17) is 0 Å². The molecule has 13 rings (SSSR count). The molecule has 0 aliphatic heterocycles. The molecule has 2 heteroatoms. The first-order valence-corrected chi connectivity index (χ1v) is 25.2. The molecule has 2 nitrogen and oxygen atoms in total. The van der Waals surface area contributed by atoms with E-state index in [0.29, 0.717) is 0 Å². The summed E-state index contributed by atoms with van der Waals surface area (Å²) in [6, 6.07) is 94.3. The second kappa shape index (κ2) is 17.0. The Kier molecular flexibility index (Phi) is 10.2. The smallest absolute Gasteiger partial charge is 0.0488 e. The summed E-state index contributed by atoms with van der Waals surface area (Å²) >= 11 is 0. The molecule has 0 radical (unpaired) electrons. The Bertz CT molecular complexity index is 3850. The molecule has 0 saturated carbocycles. The third-order valence-corrected chi connectivity index (χ3v) is 15.6. The van der Waals surface area contributed by atoms with E-state index in [1.807, 2.05) is 0 Å². The van der Waals surface area contributed by atoms with Crippen LogP contribution in [0.15, 0.2) is 255 Å². The first kappa shape index (κ1) is 43.3. The molecule has 0 aromatic heterocycles. The third kappa shape index (κ3) is 7.09. The molecule has 0 atom stereocenters. The number of hydrogen-bond donors (Lipinski definition) is 0. The molecule has 0 heterocycles. The maximum Gasteiger partial charge on any atom is 0.0488 e. The molecule has 0 amide bonds. The molecule has 0 unspecified atom stereocenters. The molecule has 0 bridgehead atoms. The molecule has 2 aliphatic carbocycles. The molecule has 0 fully saturated rings. The van der Waals surface area contributed by atoms with Gasteiger partial charge in [0.1, 0.15) is 0 Å². The van der Waals surface area contributed by atoms with Gasteiger partial charge in [-0.1, -0.05) is 210 Å². The Balaban J connectivity index is 1.06. The summed E-state index contributed by atoms with van der Waals surface area (Å²) in [5, 5.41) is 2.44. The number of nitrogens with zero attached hydrogens (tertiary/aromatic N) is 2. The van der Waals surface area contributed by atoms with Gasteiger partial charge in [0, 0.05) is 45.0 Å². The SMILES string of the molecule is CC1(C)c2ccccc2-c2ccc(N(c3ccccc3)c3cc(-c4ccc5ccccc5c4-c4ccccc4)cc(N(c4ccccc4)c4ccc5c(c4)C(C)(C)c4ccc(-c6ccccc6)cc4-5)c3)cc21. The highest BCUT2D eigenvalue weighted by Crippen LogP contribution is 2.54. The summed E-state index contributed by atoms with van der Waals surface area (Å²) in [6.07, 6.45) is 0. The molecular weight excluding hydrogens is 869 g/mol. The highest BCUT2D eigenvalue weighted by atomic mass is 15.2. The van der Waals surface area contributed by atoms with Gasteiger partial charge < -0.3 is 9.80 Å². The van der Waals surface area contributed by atoms with E-state index in [9.17, 15) is 0 Å². The number of para-hydroxylation sites is 2. The van der Waals surface area contributed by atoms with Crippen molar-refractivity contribution in [3.63, 3.8) is 0 Å². The number of rotatable bonds is 9. The molecule has 72 heavy (non-hydrogen) atoms. The fraction of sp³-hybridized carbons (Fsp3) is 0.0857. The Morgan fingerprint density at radius 2 is 0.722 bits per heavy atom. The quantitative estimate of drug-likeness (QED) is 0.142. The van der Waals surface area contributed by atoms with Gasteiger partial charge in [0.05, 0.1) is 0 Å². The lowest BCUT2D eigenvalue weighted by Crippen LogP contribution is -2.17. The van der Waals surface area contributed by atoms with Crippen LogP contribution in [0.4, 0.5) is 34.1 Å². The second-order valence-corrected chi connectivity index (χ2v) is 20.5. The molecule has 0 spiro atoms. The number of hydrogen-bond acceptors (Lipinski definition) is 2. The van der Waals surface area contributed by atoms with Crippen molar-refractivity contribution in [3.05, 3.63) is 277 Å². The van der Waals surface area contributed by atoms with Crippen LogP contribution in [0.25, 0.3) is 66.4 Å². The van der Waals surface area contributed by atoms with Crippen molar-refractivity contribution in [1.29, 1.82) is 0 Å². The third-order valence-electron chi connectivity index (χ3n) is 15.6. The lowest BCUT2D eigenvalue weighted by molar-refractivity contribution is 0.660. The summed E-state index contributed by atoms with van der Waals surface area (Å²) < 4.78 is 0. The van der Waals surface area contributed by atoms with Gasteiger partial charge in [-0.2, -0.15) is 0 Å². The van der Waals surface area contributed by atoms with E-state index < -0.39 is 0 Å². The first-order chi connectivity index (χ1) is 35.2. The predicted molar refractivity (Wildman–Crippen MR) is 305 cm³/mol.